The summed E-state index contributed by atoms with van der Waals surface area (Å²) in [6, 6.07) is 2.07. The van der Waals surface area contributed by atoms with Crippen molar-refractivity contribution in [1.82, 2.24) is 5.32 Å². The first-order chi connectivity index (χ1) is 7.13. The monoisotopic (exact) mass is 226 g/mol. The van der Waals surface area contributed by atoms with Crippen molar-refractivity contribution in [3.63, 3.8) is 0 Å². The molecule has 1 amide bonds. The van der Waals surface area contributed by atoms with E-state index in [-0.39, 0.29) is 18.0 Å². The van der Waals surface area contributed by atoms with E-state index in [0.29, 0.717) is 6.42 Å². The lowest BCUT2D eigenvalue weighted by molar-refractivity contribution is -0.122. The number of thiophene rings is 1. The number of nitrogens with one attached hydrogen (secondary N) is 1. The van der Waals surface area contributed by atoms with Crippen LogP contribution < -0.4 is 11.1 Å². The molecule has 0 spiro atoms. The second-order valence-electron chi connectivity index (χ2n) is 3.72. The Morgan fingerprint density at radius 2 is 2.40 bits per heavy atom. The Balaban J connectivity index is 2.38. The van der Waals surface area contributed by atoms with Crippen LogP contribution in [0.4, 0.5) is 0 Å². The number of rotatable bonds is 5. The van der Waals surface area contributed by atoms with Gasteiger partial charge in [0.25, 0.3) is 0 Å². The Bertz CT molecular complexity index is 298. The first kappa shape index (κ1) is 12.2. The molecule has 0 radical (unpaired) electrons. The third kappa shape index (κ3) is 4.01. The van der Waals surface area contributed by atoms with Gasteiger partial charge in [-0.3, -0.25) is 4.79 Å². The highest BCUT2D eigenvalue weighted by Gasteiger charge is 2.12. The van der Waals surface area contributed by atoms with Gasteiger partial charge >= 0.3 is 0 Å². The standard InChI is InChI=1S/C11H18N2OS/c1-3-10(12)6-11(14)13-8(2)9-4-5-15-7-9/h4-5,7-8,10H,3,6,12H2,1-2H3,(H,13,14). The topological polar surface area (TPSA) is 55.1 Å². The van der Waals surface area contributed by atoms with Crippen molar-refractivity contribution in [1.29, 1.82) is 0 Å². The van der Waals surface area contributed by atoms with Crippen molar-refractivity contribution >= 4 is 17.2 Å². The second kappa shape index (κ2) is 5.88. The summed E-state index contributed by atoms with van der Waals surface area (Å²) in [5.41, 5.74) is 6.86. The van der Waals surface area contributed by atoms with E-state index in [1.165, 1.54) is 0 Å². The smallest absolute Gasteiger partial charge is 0.222 e. The maximum Gasteiger partial charge on any atom is 0.222 e. The minimum atomic E-state index is -0.0281. The third-order valence-electron chi connectivity index (χ3n) is 2.39. The molecule has 0 aromatic carbocycles. The summed E-state index contributed by atoms with van der Waals surface area (Å²) in [5.74, 6) is 0.0306. The molecule has 4 heteroatoms. The van der Waals surface area contributed by atoms with Crippen LogP contribution >= 0.6 is 11.3 Å². The van der Waals surface area contributed by atoms with E-state index in [0.717, 1.165) is 12.0 Å². The quantitative estimate of drug-likeness (QED) is 0.807. The molecule has 3 N–H and O–H groups in total. The van der Waals surface area contributed by atoms with Crippen molar-refractivity contribution in [3.8, 4) is 0 Å². The van der Waals surface area contributed by atoms with Crippen LogP contribution in [0.1, 0.15) is 38.3 Å². The van der Waals surface area contributed by atoms with Gasteiger partial charge in [-0.05, 0) is 35.7 Å². The molecule has 15 heavy (non-hydrogen) atoms. The van der Waals surface area contributed by atoms with Gasteiger partial charge in [0, 0.05) is 12.5 Å². The average molecular weight is 226 g/mol. The molecule has 0 fully saturated rings. The van der Waals surface area contributed by atoms with Crippen molar-refractivity contribution in [2.75, 3.05) is 0 Å². The van der Waals surface area contributed by atoms with E-state index in [2.05, 4.69) is 5.32 Å². The fraction of sp³-hybridized carbons (Fsp3) is 0.545. The number of carbonyl (C=O) groups is 1. The van der Waals surface area contributed by atoms with Gasteiger partial charge in [-0.2, -0.15) is 11.3 Å². The Kier molecular flexibility index (Phi) is 4.78. The van der Waals surface area contributed by atoms with E-state index in [1.54, 1.807) is 11.3 Å². The normalized spacial score (nSPS) is 14.6. The third-order valence-corrected chi connectivity index (χ3v) is 3.09. The lowest BCUT2D eigenvalue weighted by Gasteiger charge is -2.14. The van der Waals surface area contributed by atoms with E-state index in [1.807, 2.05) is 30.7 Å². The minimum absolute atomic E-state index is 0.0281. The fourth-order valence-corrected chi connectivity index (χ4v) is 2.04. The van der Waals surface area contributed by atoms with Crippen LogP contribution in [-0.2, 0) is 4.79 Å². The van der Waals surface area contributed by atoms with Gasteiger partial charge in [-0.15, -0.1) is 0 Å². The van der Waals surface area contributed by atoms with E-state index >= 15 is 0 Å². The molecule has 84 valence electrons. The van der Waals surface area contributed by atoms with E-state index in [4.69, 9.17) is 5.73 Å². The average Bonchev–Trinajstić information content (AvgIpc) is 2.70. The van der Waals surface area contributed by atoms with Crippen molar-refractivity contribution in [2.45, 2.75) is 38.8 Å². The van der Waals surface area contributed by atoms with Crippen LogP contribution in [0.25, 0.3) is 0 Å². The van der Waals surface area contributed by atoms with Crippen molar-refractivity contribution in [3.05, 3.63) is 22.4 Å². The van der Waals surface area contributed by atoms with Gasteiger partial charge < -0.3 is 11.1 Å². The number of amides is 1. The number of hydrogen-bond donors (Lipinski definition) is 2. The maximum absolute atomic E-state index is 11.5. The molecule has 0 saturated carbocycles. The van der Waals surface area contributed by atoms with Gasteiger partial charge in [0.2, 0.25) is 5.91 Å². The molecule has 0 aliphatic carbocycles. The number of carbonyl (C=O) groups excluding carboxylic acids is 1. The summed E-state index contributed by atoms with van der Waals surface area (Å²) in [7, 11) is 0. The molecule has 1 aromatic rings. The lowest BCUT2D eigenvalue weighted by atomic mass is 10.1. The summed E-state index contributed by atoms with van der Waals surface area (Å²) in [6.07, 6.45) is 1.24. The largest absolute Gasteiger partial charge is 0.350 e. The first-order valence-electron chi connectivity index (χ1n) is 5.20. The van der Waals surface area contributed by atoms with Gasteiger partial charge in [0.1, 0.15) is 0 Å². The van der Waals surface area contributed by atoms with Crippen LogP contribution in [0.2, 0.25) is 0 Å². The van der Waals surface area contributed by atoms with Gasteiger partial charge in [0.15, 0.2) is 0 Å². The van der Waals surface area contributed by atoms with Crippen LogP contribution in [0.15, 0.2) is 16.8 Å². The first-order valence-corrected chi connectivity index (χ1v) is 6.14. The Labute approximate surface area is 94.7 Å². The minimum Gasteiger partial charge on any atom is -0.350 e. The van der Waals surface area contributed by atoms with Gasteiger partial charge in [-0.25, -0.2) is 0 Å². The zero-order valence-electron chi connectivity index (χ0n) is 9.19. The molecular weight excluding hydrogens is 208 g/mol. The highest BCUT2D eigenvalue weighted by molar-refractivity contribution is 7.07. The van der Waals surface area contributed by atoms with Crippen LogP contribution in [0.3, 0.4) is 0 Å². The molecule has 1 aromatic heterocycles. The molecule has 1 rings (SSSR count). The SMILES string of the molecule is CCC(N)CC(=O)NC(C)c1ccsc1. The van der Waals surface area contributed by atoms with Gasteiger partial charge in [-0.1, -0.05) is 6.92 Å². The van der Waals surface area contributed by atoms with Crippen molar-refractivity contribution < 1.29 is 4.79 Å². The summed E-state index contributed by atoms with van der Waals surface area (Å²) < 4.78 is 0. The lowest BCUT2D eigenvalue weighted by Crippen LogP contribution is -2.32. The van der Waals surface area contributed by atoms with Crippen LogP contribution in [0, 0.1) is 0 Å². The molecular formula is C11H18N2OS. The van der Waals surface area contributed by atoms with E-state index < -0.39 is 0 Å². The molecule has 0 aliphatic heterocycles. The summed E-state index contributed by atoms with van der Waals surface area (Å²) in [5, 5.41) is 6.99. The zero-order valence-corrected chi connectivity index (χ0v) is 10.0. The summed E-state index contributed by atoms with van der Waals surface area (Å²) >= 11 is 1.64. The Morgan fingerprint density at radius 3 is 2.93 bits per heavy atom. The van der Waals surface area contributed by atoms with Crippen LogP contribution in [0.5, 0.6) is 0 Å². The molecule has 1 heterocycles. The molecule has 0 aliphatic rings. The molecule has 2 unspecified atom stereocenters. The molecule has 0 bridgehead atoms. The second-order valence-corrected chi connectivity index (χ2v) is 4.50. The number of nitrogens with two attached hydrogens (primary N) is 1. The summed E-state index contributed by atoms with van der Waals surface area (Å²) in [4.78, 5) is 11.5. The predicted octanol–water partition coefficient (Wildman–Crippen LogP) is 2.05. The molecule has 3 nitrogen and oxygen atoms in total. The predicted molar refractivity (Wildman–Crippen MR) is 63.8 cm³/mol. The highest BCUT2D eigenvalue weighted by atomic mass is 32.1. The van der Waals surface area contributed by atoms with Crippen molar-refractivity contribution in [2.24, 2.45) is 5.73 Å². The fourth-order valence-electron chi connectivity index (χ4n) is 1.29. The summed E-state index contributed by atoms with van der Waals surface area (Å²) in [6.45, 7) is 3.97. The van der Waals surface area contributed by atoms with E-state index in [9.17, 15) is 4.79 Å². The maximum atomic E-state index is 11.5. The zero-order chi connectivity index (χ0) is 11.3. The van der Waals surface area contributed by atoms with Crippen LogP contribution in [-0.4, -0.2) is 11.9 Å². The molecule has 0 saturated heterocycles. The van der Waals surface area contributed by atoms with Gasteiger partial charge in [0.05, 0.1) is 6.04 Å². The Hall–Kier alpha value is -0.870. The highest BCUT2D eigenvalue weighted by Crippen LogP contribution is 2.15. The Morgan fingerprint density at radius 1 is 1.67 bits per heavy atom. The molecule has 2 atom stereocenters. The number of hydrogen-bond acceptors (Lipinski definition) is 3.